The van der Waals surface area contributed by atoms with Crippen LogP contribution in [0.25, 0.3) is 0 Å². The summed E-state index contributed by atoms with van der Waals surface area (Å²) in [6.45, 7) is 2.47. The van der Waals surface area contributed by atoms with Gasteiger partial charge in [-0.1, -0.05) is 15.9 Å². The van der Waals surface area contributed by atoms with Gasteiger partial charge in [0.05, 0.1) is 6.61 Å². The van der Waals surface area contributed by atoms with Gasteiger partial charge in [-0.3, -0.25) is 4.79 Å². The standard InChI is InChI=1S/C16H17BrN2O2/c1-12-8-9-18-15(11-12)19-16(20)3-2-10-21-14-6-4-13(17)5-7-14/h4-9,11H,2-3,10H2,1H3,(H,18,19,20). The van der Waals surface area contributed by atoms with Gasteiger partial charge in [0.2, 0.25) is 5.91 Å². The van der Waals surface area contributed by atoms with E-state index in [1.54, 1.807) is 6.20 Å². The van der Waals surface area contributed by atoms with Crippen LogP contribution in [0.15, 0.2) is 47.1 Å². The van der Waals surface area contributed by atoms with Crippen molar-refractivity contribution in [1.29, 1.82) is 0 Å². The van der Waals surface area contributed by atoms with Gasteiger partial charge >= 0.3 is 0 Å². The molecule has 1 aromatic heterocycles. The van der Waals surface area contributed by atoms with Crippen LogP contribution in [0, 0.1) is 6.92 Å². The summed E-state index contributed by atoms with van der Waals surface area (Å²) in [6, 6.07) is 11.4. The fourth-order valence-electron chi connectivity index (χ4n) is 1.76. The Labute approximate surface area is 132 Å². The van der Waals surface area contributed by atoms with Crippen LogP contribution in [0.3, 0.4) is 0 Å². The molecule has 0 radical (unpaired) electrons. The van der Waals surface area contributed by atoms with Crippen LogP contribution in [0.1, 0.15) is 18.4 Å². The number of carbonyl (C=O) groups excluding carboxylic acids is 1. The van der Waals surface area contributed by atoms with Crippen molar-refractivity contribution in [1.82, 2.24) is 4.98 Å². The molecular formula is C16H17BrN2O2. The van der Waals surface area contributed by atoms with Gasteiger partial charge in [0, 0.05) is 17.1 Å². The predicted molar refractivity (Wildman–Crippen MR) is 86.5 cm³/mol. The van der Waals surface area contributed by atoms with Crippen molar-refractivity contribution >= 4 is 27.7 Å². The van der Waals surface area contributed by atoms with Crippen molar-refractivity contribution in [3.63, 3.8) is 0 Å². The Morgan fingerprint density at radius 3 is 2.76 bits per heavy atom. The number of rotatable bonds is 6. The maximum absolute atomic E-state index is 11.8. The third-order valence-electron chi connectivity index (χ3n) is 2.81. The van der Waals surface area contributed by atoms with Crippen LogP contribution in [0.2, 0.25) is 0 Å². The van der Waals surface area contributed by atoms with Gasteiger partial charge in [0.25, 0.3) is 0 Å². The molecule has 0 saturated carbocycles. The first kappa shape index (κ1) is 15.5. The number of benzene rings is 1. The highest BCUT2D eigenvalue weighted by Crippen LogP contribution is 2.16. The largest absolute Gasteiger partial charge is 0.494 e. The topological polar surface area (TPSA) is 51.2 Å². The number of aryl methyl sites for hydroxylation is 1. The molecule has 0 bridgehead atoms. The van der Waals surface area contributed by atoms with Crippen molar-refractivity contribution in [2.24, 2.45) is 0 Å². The fraction of sp³-hybridized carbons (Fsp3) is 0.250. The second-order valence-electron chi connectivity index (χ2n) is 4.67. The number of anilines is 1. The molecule has 1 heterocycles. The molecule has 0 unspecified atom stereocenters. The highest BCUT2D eigenvalue weighted by molar-refractivity contribution is 9.10. The summed E-state index contributed by atoms with van der Waals surface area (Å²) >= 11 is 3.37. The molecule has 0 atom stereocenters. The van der Waals surface area contributed by atoms with E-state index in [1.807, 2.05) is 43.3 Å². The zero-order valence-corrected chi connectivity index (χ0v) is 13.4. The molecular weight excluding hydrogens is 332 g/mol. The smallest absolute Gasteiger partial charge is 0.225 e. The van der Waals surface area contributed by atoms with E-state index < -0.39 is 0 Å². The molecule has 0 aliphatic heterocycles. The Bertz CT molecular complexity index is 599. The van der Waals surface area contributed by atoms with Crippen LogP contribution in [0.5, 0.6) is 5.75 Å². The Kier molecular flexibility index (Phi) is 5.75. The number of aromatic nitrogens is 1. The summed E-state index contributed by atoms with van der Waals surface area (Å²) in [5.41, 5.74) is 1.07. The maximum atomic E-state index is 11.8. The van der Waals surface area contributed by atoms with E-state index in [-0.39, 0.29) is 5.91 Å². The Balaban J connectivity index is 1.68. The van der Waals surface area contributed by atoms with E-state index >= 15 is 0 Å². The number of nitrogens with zero attached hydrogens (tertiary/aromatic N) is 1. The predicted octanol–water partition coefficient (Wildman–Crippen LogP) is 3.95. The summed E-state index contributed by atoms with van der Waals surface area (Å²) in [4.78, 5) is 15.9. The van der Waals surface area contributed by atoms with Crippen LogP contribution in [-0.4, -0.2) is 17.5 Å². The molecule has 0 fully saturated rings. The number of halogens is 1. The first-order chi connectivity index (χ1) is 10.1. The van der Waals surface area contributed by atoms with Crippen LogP contribution >= 0.6 is 15.9 Å². The van der Waals surface area contributed by atoms with Gasteiger partial charge in [-0.25, -0.2) is 4.98 Å². The quantitative estimate of drug-likeness (QED) is 0.804. The maximum Gasteiger partial charge on any atom is 0.225 e. The van der Waals surface area contributed by atoms with Gasteiger partial charge in [-0.05, 0) is 55.3 Å². The van der Waals surface area contributed by atoms with E-state index in [2.05, 4.69) is 26.2 Å². The van der Waals surface area contributed by atoms with Crippen molar-refractivity contribution in [3.05, 3.63) is 52.6 Å². The van der Waals surface area contributed by atoms with Crippen molar-refractivity contribution in [3.8, 4) is 5.75 Å². The summed E-state index contributed by atoms with van der Waals surface area (Å²) in [5, 5.41) is 2.78. The summed E-state index contributed by atoms with van der Waals surface area (Å²) in [7, 11) is 0. The molecule has 0 aliphatic rings. The van der Waals surface area contributed by atoms with Gasteiger partial charge in [-0.2, -0.15) is 0 Å². The molecule has 21 heavy (non-hydrogen) atoms. The zero-order valence-electron chi connectivity index (χ0n) is 11.8. The number of ether oxygens (including phenoxy) is 1. The molecule has 4 nitrogen and oxygen atoms in total. The van der Waals surface area contributed by atoms with Crippen molar-refractivity contribution < 1.29 is 9.53 Å². The highest BCUT2D eigenvalue weighted by atomic mass is 79.9. The van der Waals surface area contributed by atoms with Crippen molar-refractivity contribution in [2.75, 3.05) is 11.9 Å². The SMILES string of the molecule is Cc1ccnc(NC(=O)CCCOc2ccc(Br)cc2)c1. The summed E-state index contributed by atoms with van der Waals surface area (Å²) in [5.74, 6) is 1.35. The second kappa shape index (κ2) is 7.78. The molecule has 0 aliphatic carbocycles. The third-order valence-corrected chi connectivity index (χ3v) is 3.34. The third kappa shape index (κ3) is 5.55. The monoisotopic (exact) mass is 348 g/mol. The molecule has 2 rings (SSSR count). The minimum absolute atomic E-state index is 0.0486. The van der Waals surface area contributed by atoms with Crippen LogP contribution in [-0.2, 0) is 4.79 Å². The first-order valence-corrected chi connectivity index (χ1v) is 7.53. The highest BCUT2D eigenvalue weighted by Gasteiger charge is 2.03. The van der Waals surface area contributed by atoms with E-state index in [0.717, 1.165) is 15.8 Å². The molecule has 110 valence electrons. The molecule has 1 N–H and O–H groups in total. The minimum atomic E-state index is -0.0486. The van der Waals surface area contributed by atoms with Crippen LogP contribution in [0.4, 0.5) is 5.82 Å². The normalized spacial score (nSPS) is 10.2. The zero-order chi connectivity index (χ0) is 15.1. The average Bonchev–Trinajstić information content (AvgIpc) is 2.45. The lowest BCUT2D eigenvalue weighted by Crippen LogP contribution is -2.13. The van der Waals surface area contributed by atoms with E-state index in [4.69, 9.17) is 4.74 Å². The van der Waals surface area contributed by atoms with Gasteiger partial charge in [0.15, 0.2) is 0 Å². The van der Waals surface area contributed by atoms with Gasteiger partial charge < -0.3 is 10.1 Å². The average molecular weight is 349 g/mol. The lowest BCUT2D eigenvalue weighted by atomic mass is 10.3. The minimum Gasteiger partial charge on any atom is -0.494 e. The second-order valence-corrected chi connectivity index (χ2v) is 5.59. The number of carbonyl (C=O) groups is 1. The van der Waals surface area contributed by atoms with Crippen LogP contribution < -0.4 is 10.1 Å². The van der Waals surface area contributed by atoms with Gasteiger partial charge in [0.1, 0.15) is 11.6 Å². The molecule has 5 heteroatoms. The van der Waals surface area contributed by atoms with Gasteiger partial charge in [-0.15, -0.1) is 0 Å². The lowest BCUT2D eigenvalue weighted by Gasteiger charge is -2.07. The lowest BCUT2D eigenvalue weighted by molar-refractivity contribution is -0.116. The molecule has 0 spiro atoms. The number of nitrogens with one attached hydrogen (secondary N) is 1. The summed E-state index contributed by atoms with van der Waals surface area (Å²) in [6.07, 6.45) is 2.75. The molecule has 1 amide bonds. The van der Waals surface area contributed by atoms with E-state index in [9.17, 15) is 4.79 Å². The fourth-order valence-corrected chi connectivity index (χ4v) is 2.03. The number of hydrogen-bond acceptors (Lipinski definition) is 3. The molecule has 1 aromatic carbocycles. The van der Waals surface area contributed by atoms with E-state index in [0.29, 0.717) is 25.3 Å². The Hall–Kier alpha value is -1.88. The molecule has 2 aromatic rings. The Morgan fingerprint density at radius 2 is 2.05 bits per heavy atom. The first-order valence-electron chi connectivity index (χ1n) is 6.74. The summed E-state index contributed by atoms with van der Waals surface area (Å²) < 4.78 is 6.58. The van der Waals surface area contributed by atoms with E-state index in [1.165, 1.54) is 0 Å². The molecule has 0 saturated heterocycles. The Morgan fingerprint density at radius 1 is 1.29 bits per heavy atom. The number of hydrogen-bond donors (Lipinski definition) is 1. The van der Waals surface area contributed by atoms with Crippen molar-refractivity contribution in [2.45, 2.75) is 19.8 Å². The number of amides is 1. The number of pyridine rings is 1.